The Morgan fingerprint density at radius 2 is 1.90 bits per heavy atom. The van der Waals surface area contributed by atoms with E-state index in [0.717, 1.165) is 24.8 Å². The second-order valence-corrected chi connectivity index (χ2v) is 5.15. The van der Waals surface area contributed by atoms with E-state index in [1.165, 1.54) is 4.90 Å². The quantitative estimate of drug-likeness (QED) is 0.770. The fraction of sp³-hybridized carbons (Fsp3) is 0.333. The molecular formula is C15H17ClN4O. The SMILES string of the molecule is CCCc1nc(C)nc(N(C=O)Cc2ccc(Cl)cc2)n1. The van der Waals surface area contributed by atoms with E-state index in [1.54, 1.807) is 19.1 Å². The summed E-state index contributed by atoms with van der Waals surface area (Å²) in [5, 5.41) is 0.664. The molecule has 21 heavy (non-hydrogen) atoms. The number of nitrogens with zero attached hydrogens (tertiary/aromatic N) is 4. The molecular weight excluding hydrogens is 288 g/mol. The van der Waals surface area contributed by atoms with Gasteiger partial charge in [0.15, 0.2) is 0 Å². The van der Waals surface area contributed by atoms with Crippen LogP contribution in [-0.4, -0.2) is 21.4 Å². The molecule has 110 valence electrons. The van der Waals surface area contributed by atoms with Gasteiger partial charge in [-0.05, 0) is 31.0 Å². The first-order chi connectivity index (χ1) is 10.1. The van der Waals surface area contributed by atoms with Gasteiger partial charge in [-0.15, -0.1) is 0 Å². The average molecular weight is 305 g/mol. The van der Waals surface area contributed by atoms with E-state index >= 15 is 0 Å². The predicted octanol–water partition coefficient (Wildman–Crippen LogP) is 2.95. The van der Waals surface area contributed by atoms with Crippen molar-refractivity contribution < 1.29 is 4.79 Å². The van der Waals surface area contributed by atoms with Crippen molar-refractivity contribution >= 4 is 24.0 Å². The van der Waals surface area contributed by atoms with Crippen molar-refractivity contribution in [3.8, 4) is 0 Å². The van der Waals surface area contributed by atoms with Gasteiger partial charge in [-0.2, -0.15) is 9.97 Å². The average Bonchev–Trinajstić information content (AvgIpc) is 2.46. The summed E-state index contributed by atoms with van der Waals surface area (Å²) in [7, 11) is 0. The van der Waals surface area contributed by atoms with Crippen molar-refractivity contribution in [3.05, 3.63) is 46.5 Å². The van der Waals surface area contributed by atoms with Crippen LogP contribution >= 0.6 is 11.6 Å². The minimum absolute atomic E-state index is 0.385. The topological polar surface area (TPSA) is 59.0 Å². The van der Waals surface area contributed by atoms with Crippen molar-refractivity contribution in [2.75, 3.05) is 4.90 Å². The van der Waals surface area contributed by atoms with E-state index < -0.39 is 0 Å². The van der Waals surface area contributed by atoms with E-state index in [1.807, 2.05) is 12.1 Å². The van der Waals surface area contributed by atoms with Crippen LogP contribution in [0, 0.1) is 6.92 Å². The molecule has 0 atom stereocenters. The minimum atomic E-state index is 0.385. The number of hydrogen-bond acceptors (Lipinski definition) is 4. The van der Waals surface area contributed by atoms with Gasteiger partial charge in [0.2, 0.25) is 12.4 Å². The highest BCUT2D eigenvalue weighted by atomic mass is 35.5. The smallest absolute Gasteiger partial charge is 0.235 e. The second-order valence-electron chi connectivity index (χ2n) is 4.71. The summed E-state index contributed by atoms with van der Waals surface area (Å²) in [4.78, 5) is 25.7. The molecule has 0 spiro atoms. The van der Waals surface area contributed by atoms with Gasteiger partial charge in [-0.25, -0.2) is 4.98 Å². The minimum Gasteiger partial charge on any atom is -0.279 e. The van der Waals surface area contributed by atoms with Crippen molar-refractivity contribution in [2.45, 2.75) is 33.2 Å². The van der Waals surface area contributed by atoms with Gasteiger partial charge in [0.05, 0.1) is 6.54 Å². The first-order valence-corrected chi connectivity index (χ1v) is 7.18. The monoisotopic (exact) mass is 304 g/mol. The number of carbonyl (C=O) groups is 1. The highest BCUT2D eigenvalue weighted by Gasteiger charge is 2.12. The van der Waals surface area contributed by atoms with E-state index in [9.17, 15) is 4.79 Å². The third-order valence-corrected chi connectivity index (χ3v) is 3.16. The van der Waals surface area contributed by atoms with Gasteiger partial charge >= 0.3 is 0 Å². The highest BCUT2D eigenvalue weighted by Crippen LogP contribution is 2.14. The summed E-state index contributed by atoms with van der Waals surface area (Å²) >= 11 is 5.86. The standard InChI is InChI=1S/C15H17ClN4O/c1-3-4-14-17-11(2)18-15(19-14)20(10-21)9-12-5-7-13(16)8-6-12/h5-8,10H,3-4,9H2,1-2H3. The molecule has 6 heteroatoms. The molecule has 0 unspecified atom stereocenters. The van der Waals surface area contributed by atoms with E-state index in [0.29, 0.717) is 29.2 Å². The van der Waals surface area contributed by atoms with Crippen LogP contribution in [0.1, 0.15) is 30.6 Å². The van der Waals surface area contributed by atoms with Crippen molar-refractivity contribution in [2.24, 2.45) is 0 Å². The van der Waals surface area contributed by atoms with E-state index in [2.05, 4.69) is 21.9 Å². The fourth-order valence-corrected chi connectivity index (χ4v) is 2.05. The number of amides is 1. The van der Waals surface area contributed by atoms with Crippen LogP contribution < -0.4 is 4.90 Å². The highest BCUT2D eigenvalue weighted by molar-refractivity contribution is 6.30. The lowest BCUT2D eigenvalue weighted by Crippen LogP contribution is -2.24. The third kappa shape index (κ3) is 4.23. The number of rotatable bonds is 6. The Hall–Kier alpha value is -2.01. The van der Waals surface area contributed by atoms with Crippen LogP contribution in [0.2, 0.25) is 5.02 Å². The summed E-state index contributed by atoms with van der Waals surface area (Å²) in [6, 6.07) is 7.34. The normalized spacial score (nSPS) is 10.4. The van der Waals surface area contributed by atoms with Gasteiger partial charge < -0.3 is 0 Å². The molecule has 0 bridgehead atoms. The maximum absolute atomic E-state index is 11.4. The van der Waals surface area contributed by atoms with Gasteiger partial charge in [0.25, 0.3) is 0 Å². The molecule has 0 saturated heterocycles. The number of carbonyl (C=O) groups excluding carboxylic acids is 1. The molecule has 0 aliphatic rings. The Morgan fingerprint density at radius 1 is 1.19 bits per heavy atom. The number of benzene rings is 1. The fourth-order valence-electron chi connectivity index (χ4n) is 1.93. The van der Waals surface area contributed by atoms with E-state index in [4.69, 9.17) is 11.6 Å². The Morgan fingerprint density at radius 3 is 2.52 bits per heavy atom. The van der Waals surface area contributed by atoms with Crippen LogP contribution in [0.15, 0.2) is 24.3 Å². The zero-order chi connectivity index (χ0) is 15.2. The van der Waals surface area contributed by atoms with Crippen LogP contribution in [0.3, 0.4) is 0 Å². The molecule has 1 amide bonds. The lowest BCUT2D eigenvalue weighted by Gasteiger charge is -2.16. The van der Waals surface area contributed by atoms with Crippen LogP contribution in [0.25, 0.3) is 0 Å². The summed E-state index contributed by atoms with van der Waals surface area (Å²) in [5.41, 5.74) is 0.960. The first-order valence-electron chi connectivity index (χ1n) is 6.80. The number of aryl methyl sites for hydroxylation is 2. The molecule has 1 heterocycles. The number of halogens is 1. The first kappa shape index (κ1) is 15.4. The molecule has 0 fully saturated rings. The molecule has 0 aliphatic heterocycles. The molecule has 0 radical (unpaired) electrons. The van der Waals surface area contributed by atoms with Crippen LogP contribution in [-0.2, 0) is 17.8 Å². The molecule has 1 aromatic carbocycles. The lowest BCUT2D eigenvalue weighted by molar-refractivity contribution is -0.107. The largest absolute Gasteiger partial charge is 0.279 e. The van der Waals surface area contributed by atoms with Crippen molar-refractivity contribution in [1.82, 2.24) is 15.0 Å². The zero-order valence-corrected chi connectivity index (χ0v) is 12.8. The molecule has 0 saturated carbocycles. The van der Waals surface area contributed by atoms with Crippen LogP contribution in [0.5, 0.6) is 0 Å². The molecule has 0 N–H and O–H groups in total. The molecule has 5 nitrogen and oxygen atoms in total. The molecule has 1 aromatic heterocycles. The summed E-state index contributed by atoms with van der Waals surface area (Å²) in [6.45, 7) is 4.26. The Labute approximate surface area is 129 Å². The van der Waals surface area contributed by atoms with Gasteiger partial charge in [-0.1, -0.05) is 30.7 Å². The Balaban J connectivity index is 2.24. The maximum atomic E-state index is 11.4. The summed E-state index contributed by atoms with van der Waals surface area (Å²) in [5.74, 6) is 1.71. The third-order valence-electron chi connectivity index (χ3n) is 2.91. The molecule has 2 rings (SSSR count). The summed E-state index contributed by atoms with van der Waals surface area (Å²) in [6.07, 6.45) is 2.45. The lowest BCUT2D eigenvalue weighted by atomic mass is 10.2. The van der Waals surface area contributed by atoms with E-state index in [-0.39, 0.29) is 0 Å². The van der Waals surface area contributed by atoms with Crippen molar-refractivity contribution in [3.63, 3.8) is 0 Å². The predicted molar refractivity (Wildman–Crippen MR) is 82.3 cm³/mol. The Kier molecular flexibility index (Phi) is 5.22. The second kappa shape index (κ2) is 7.13. The van der Waals surface area contributed by atoms with Gasteiger partial charge in [-0.3, -0.25) is 9.69 Å². The molecule has 2 aromatic rings. The Bertz CT molecular complexity index is 616. The maximum Gasteiger partial charge on any atom is 0.235 e. The number of anilines is 1. The summed E-state index contributed by atoms with van der Waals surface area (Å²) < 4.78 is 0. The van der Waals surface area contributed by atoms with Gasteiger partial charge in [0, 0.05) is 11.4 Å². The number of aromatic nitrogens is 3. The van der Waals surface area contributed by atoms with Gasteiger partial charge in [0.1, 0.15) is 11.6 Å². The van der Waals surface area contributed by atoms with Crippen molar-refractivity contribution in [1.29, 1.82) is 0 Å². The zero-order valence-electron chi connectivity index (χ0n) is 12.1. The molecule has 0 aliphatic carbocycles. The van der Waals surface area contributed by atoms with Crippen LogP contribution in [0.4, 0.5) is 5.95 Å². The number of hydrogen-bond donors (Lipinski definition) is 0.